The molecule has 1 rings (SSSR count). The highest BCUT2D eigenvalue weighted by Gasteiger charge is 2.09. The average Bonchev–Trinajstić information content (AvgIpc) is 2.26. The number of carbonyl (C=O) groups is 1. The Hall–Kier alpha value is -0.870. The SMILES string of the molecule is CC(CO)CNC(=O)c1ccccc1Br. The van der Waals surface area contributed by atoms with E-state index >= 15 is 0 Å². The average molecular weight is 272 g/mol. The van der Waals surface area contributed by atoms with Crippen LogP contribution in [-0.4, -0.2) is 24.2 Å². The first-order chi connectivity index (χ1) is 7.15. The number of amides is 1. The summed E-state index contributed by atoms with van der Waals surface area (Å²) in [6, 6.07) is 7.25. The molecule has 0 aliphatic rings. The fourth-order valence-corrected chi connectivity index (χ4v) is 1.54. The van der Waals surface area contributed by atoms with Gasteiger partial charge in [0, 0.05) is 17.6 Å². The number of rotatable bonds is 4. The van der Waals surface area contributed by atoms with Crippen LogP contribution in [0.4, 0.5) is 0 Å². The van der Waals surface area contributed by atoms with Crippen molar-refractivity contribution in [3.8, 4) is 0 Å². The van der Waals surface area contributed by atoms with Gasteiger partial charge in [-0.1, -0.05) is 19.1 Å². The van der Waals surface area contributed by atoms with Gasteiger partial charge in [-0.2, -0.15) is 0 Å². The summed E-state index contributed by atoms with van der Waals surface area (Å²) in [6.45, 7) is 2.44. The number of aliphatic hydroxyl groups is 1. The summed E-state index contributed by atoms with van der Waals surface area (Å²) < 4.78 is 0.777. The monoisotopic (exact) mass is 271 g/mol. The molecule has 82 valence electrons. The Bertz CT molecular complexity index is 341. The van der Waals surface area contributed by atoms with Crippen molar-refractivity contribution in [2.24, 2.45) is 5.92 Å². The molecule has 0 aliphatic carbocycles. The van der Waals surface area contributed by atoms with E-state index in [-0.39, 0.29) is 18.4 Å². The van der Waals surface area contributed by atoms with Crippen LogP contribution < -0.4 is 5.32 Å². The first-order valence-corrected chi connectivity index (χ1v) is 5.58. The van der Waals surface area contributed by atoms with Gasteiger partial charge in [-0.25, -0.2) is 0 Å². The molecular formula is C11H14BrNO2. The second-order valence-corrected chi connectivity index (χ2v) is 4.33. The summed E-state index contributed by atoms with van der Waals surface area (Å²) in [4.78, 5) is 11.7. The van der Waals surface area contributed by atoms with Crippen LogP contribution in [0, 0.1) is 5.92 Å². The fraction of sp³-hybridized carbons (Fsp3) is 0.364. The predicted octanol–water partition coefficient (Wildman–Crippen LogP) is 1.81. The molecule has 1 aromatic rings. The van der Waals surface area contributed by atoms with Gasteiger partial charge >= 0.3 is 0 Å². The second kappa shape index (κ2) is 5.88. The maximum Gasteiger partial charge on any atom is 0.252 e. The van der Waals surface area contributed by atoms with Gasteiger partial charge < -0.3 is 10.4 Å². The lowest BCUT2D eigenvalue weighted by Gasteiger charge is -2.10. The van der Waals surface area contributed by atoms with E-state index in [0.29, 0.717) is 12.1 Å². The van der Waals surface area contributed by atoms with Crippen LogP contribution in [0.15, 0.2) is 28.7 Å². The molecule has 0 fully saturated rings. The van der Waals surface area contributed by atoms with E-state index in [9.17, 15) is 4.79 Å². The molecule has 0 heterocycles. The molecule has 0 saturated heterocycles. The highest BCUT2D eigenvalue weighted by molar-refractivity contribution is 9.10. The van der Waals surface area contributed by atoms with Gasteiger partial charge in [0.05, 0.1) is 5.56 Å². The van der Waals surface area contributed by atoms with Crippen LogP contribution in [0.1, 0.15) is 17.3 Å². The van der Waals surface area contributed by atoms with Crippen molar-refractivity contribution >= 4 is 21.8 Å². The van der Waals surface area contributed by atoms with Gasteiger partial charge in [0.2, 0.25) is 0 Å². The molecule has 0 radical (unpaired) electrons. The lowest BCUT2D eigenvalue weighted by atomic mass is 10.2. The molecular weight excluding hydrogens is 258 g/mol. The predicted molar refractivity (Wildman–Crippen MR) is 62.7 cm³/mol. The third kappa shape index (κ3) is 3.64. The first kappa shape index (κ1) is 12.2. The van der Waals surface area contributed by atoms with Crippen molar-refractivity contribution < 1.29 is 9.90 Å². The van der Waals surface area contributed by atoms with Crippen LogP contribution in [-0.2, 0) is 0 Å². The number of hydrogen-bond acceptors (Lipinski definition) is 2. The summed E-state index contributed by atoms with van der Waals surface area (Å²) in [5, 5.41) is 11.6. The van der Waals surface area contributed by atoms with Gasteiger partial charge in [0.1, 0.15) is 0 Å². The van der Waals surface area contributed by atoms with E-state index in [2.05, 4.69) is 21.2 Å². The Morgan fingerprint density at radius 1 is 1.53 bits per heavy atom. The maximum absolute atomic E-state index is 11.7. The summed E-state index contributed by atoms with van der Waals surface area (Å²) in [5.41, 5.74) is 0.614. The van der Waals surface area contributed by atoms with Gasteiger partial charge in [0.25, 0.3) is 5.91 Å². The lowest BCUT2D eigenvalue weighted by Crippen LogP contribution is -2.29. The zero-order valence-electron chi connectivity index (χ0n) is 8.53. The Kier molecular flexibility index (Phi) is 4.78. The Labute approximate surface area is 97.6 Å². The molecule has 15 heavy (non-hydrogen) atoms. The minimum absolute atomic E-state index is 0.0796. The van der Waals surface area contributed by atoms with Crippen molar-refractivity contribution in [2.75, 3.05) is 13.2 Å². The molecule has 1 atom stereocenters. The van der Waals surface area contributed by atoms with Crippen LogP contribution in [0.5, 0.6) is 0 Å². The minimum atomic E-state index is -0.122. The summed E-state index contributed by atoms with van der Waals surface area (Å²) in [6.07, 6.45) is 0. The molecule has 2 N–H and O–H groups in total. The molecule has 0 saturated carbocycles. The quantitative estimate of drug-likeness (QED) is 0.878. The largest absolute Gasteiger partial charge is 0.396 e. The fourth-order valence-electron chi connectivity index (χ4n) is 1.07. The van der Waals surface area contributed by atoms with Gasteiger partial charge in [-0.05, 0) is 34.0 Å². The van der Waals surface area contributed by atoms with Gasteiger partial charge in [0.15, 0.2) is 0 Å². The van der Waals surface area contributed by atoms with Crippen LogP contribution in [0.2, 0.25) is 0 Å². The van der Waals surface area contributed by atoms with E-state index in [0.717, 1.165) is 4.47 Å². The smallest absolute Gasteiger partial charge is 0.252 e. The topological polar surface area (TPSA) is 49.3 Å². The zero-order chi connectivity index (χ0) is 11.3. The molecule has 3 nitrogen and oxygen atoms in total. The highest BCUT2D eigenvalue weighted by atomic mass is 79.9. The van der Waals surface area contributed by atoms with Crippen molar-refractivity contribution in [3.63, 3.8) is 0 Å². The molecule has 0 aliphatic heterocycles. The third-order valence-corrected chi connectivity index (χ3v) is 2.73. The standard InChI is InChI=1S/C11H14BrNO2/c1-8(7-14)6-13-11(15)9-4-2-3-5-10(9)12/h2-5,8,14H,6-7H2,1H3,(H,13,15). The van der Waals surface area contributed by atoms with Crippen molar-refractivity contribution in [1.82, 2.24) is 5.32 Å². The van der Waals surface area contributed by atoms with Gasteiger partial charge in [-0.3, -0.25) is 4.79 Å². The van der Waals surface area contributed by atoms with Crippen molar-refractivity contribution in [3.05, 3.63) is 34.3 Å². The minimum Gasteiger partial charge on any atom is -0.396 e. The van der Waals surface area contributed by atoms with Crippen LogP contribution in [0.25, 0.3) is 0 Å². The lowest BCUT2D eigenvalue weighted by molar-refractivity contribution is 0.0941. The molecule has 0 bridgehead atoms. The zero-order valence-corrected chi connectivity index (χ0v) is 10.1. The van der Waals surface area contributed by atoms with Crippen LogP contribution >= 0.6 is 15.9 Å². The Morgan fingerprint density at radius 3 is 2.80 bits per heavy atom. The van der Waals surface area contributed by atoms with Gasteiger partial charge in [-0.15, -0.1) is 0 Å². The van der Waals surface area contributed by atoms with E-state index in [1.54, 1.807) is 6.07 Å². The molecule has 1 unspecified atom stereocenters. The third-order valence-electron chi connectivity index (χ3n) is 2.04. The molecule has 1 aromatic carbocycles. The van der Waals surface area contributed by atoms with Crippen molar-refractivity contribution in [2.45, 2.75) is 6.92 Å². The summed E-state index contributed by atoms with van der Waals surface area (Å²) in [7, 11) is 0. The summed E-state index contributed by atoms with van der Waals surface area (Å²) >= 11 is 3.31. The van der Waals surface area contributed by atoms with E-state index < -0.39 is 0 Å². The molecule has 4 heteroatoms. The number of halogens is 1. The molecule has 0 aromatic heterocycles. The maximum atomic E-state index is 11.7. The Morgan fingerprint density at radius 2 is 2.20 bits per heavy atom. The van der Waals surface area contributed by atoms with Crippen LogP contribution in [0.3, 0.4) is 0 Å². The van der Waals surface area contributed by atoms with E-state index in [1.165, 1.54) is 0 Å². The number of hydrogen-bond donors (Lipinski definition) is 2. The molecule has 1 amide bonds. The Balaban J connectivity index is 2.58. The van der Waals surface area contributed by atoms with E-state index in [1.807, 2.05) is 25.1 Å². The van der Waals surface area contributed by atoms with Crippen molar-refractivity contribution in [1.29, 1.82) is 0 Å². The number of nitrogens with one attached hydrogen (secondary N) is 1. The summed E-state index contributed by atoms with van der Waals surface area (Å²) in [5.74, 6) is -0.0424. The number of carbonyl (C=O) groups excluding carboxylic acids is 1. The van der Waals surface area contributed by atoms with E-state index in [4.69, 9.17) is 5.11 Å². The second-order valence-electron chi connectivity index (χ2n) is 3.48. The molecule has 0 spiro atoms. The number of aliphatic hydroxyl groups excluding tert-OH is 1. The normalized spacial score (nSPS) is 12.2. The number of benzene rings is 1. The highest BCUT2D eigenvalue weighted by Crippen LogP contribution is 2.15. The first-order valence-electron chi connectivity index (χ1n) is 4.78.